The van der Waals surface area contributed by atoms with Crippen LogP contribution in [0, 0.1) is 24.2 Å². The third-order valence-electron chi connectivity index (χ3n) is 3.38. The second-order valence-corrected chi connectivity index (χ2v) is 4.67. The molecule has 0 aliphatic carbocycles. The van der Waals surface area contributed by atoms with E-state index in [1.807, 2.05) is 25.1 Å². The van der Waals surface area contributed by atoms with Gasteiger partial charge in [0.15, 0.2) is 0 Å². The minimum absolute atomic E-state index is 0.317. The topological polar surface area (TPSA) is 45.0 Å². The van der Waals surface area contributed by atoms with Gasteiger partial charge in [-0.15, -0.1) is 0 Å². The maximum Gasteiger partial charge on any atom is 0.101 e. The zero-order valence-electron chi connectivity index (χ0n) is 10.4. The standard InChI is InChI=1S/C14H18N2O/c1-10-3-4-12(8-15)14(7-10)16-9-13-5-6-17-11(13)2/h3-4,7,11,13,16H,5-6,9H2,1-2H3. The van der Waals surface area contributed by atoms with Crippen molar-refractivity contribution in [3.05, 3.63) is 29.3 Å². The van der Waals surface area contributed by atoms with Crippen molar-refractivity contribution in [1.29, 1.82) is 5.26 Å². The highest BCUT2D eigenvalue weighted by Crippen LogP contribution is 2.22. The van der Waals surface area contributed by atoms with E-state index < -0.39 is 0 Å². The molecule has 0 aromatic heterocycles. The predicted octanol–water partition coefficient (Wildman–Crippen LogP) is 2.70. The molecule has 1 saturated heterocycles. The summed E-state index contributed by atoms with van der Waals surface area (Å²) >= 11 is 0. The highest BCUT2D eigenvalue weighted by atomic mass is 16.5. The Kier molecular flexibility index (Phi) is 3.65. The summed E-state index contributed by atoms with van der Waals surface area (Å²) in [4.78, 5) is 0. The van der Waals surface area contributed by atoms with Gasteiger partial charge < -0.3 is 10.1 Å². The van der Waals surface area contributed by atoms with Crippen LogP contribution in [0.25, 0.3) is 0 Å². The number of ether oxygens (including phenoxy) is 1. The molecule has 1 aromatic rings. The van der Waals surface area contributed by atoms with Crippen LogP contribution in [0.1, 0.15) is 24.5 Å². The fourth-order valence-corrected chi connectivity index (χ4v) is 2.19. The summed E-state index contributed by atoms with van der Waals surface area (Å²) in [7, 11) is 0. The zero-order chi connectivity index (χ0) is 12.3. The van der Waals surface area contributed by atoms with Gasteiger partial charge >= 0.3 is 0 Å². The SMILES string of the molecule is Cc1ccc(C#N)c(NCC2CCOC2C)c1. The number of nitrogens with one attached hydrogen (secondary N) is 1. The quantitative estimate of drug-likeness (QED) is 0.868. The van der Waals surface area contributed by atoms with E-state index in [1.54, 1.807) is 0 Å². The molecule has 1 heterocycles. The van der Waals surface area contributed by atoms with Gasteiger partial charge in [-0.25, -0.2) is 0 Å². The lowest BCUT2D eigenvalue weighted by Crippen LogP contribution is -2.21. The van der Waals surface area contributed by atoms with Gasteiger partial charge in [-0.1, -0.05) is 6.07 Å². The third kappa shape index (κ3) is 2.78. The highest BCUT2D eigenvalue weighted by molar-refractivity contribution is 5.58. The van der Waals surface area contributed by atoms with Crippen molar-refractivity contribution in [1.82, 2.24) is 0 Å². The Balaban J connectivity index is 2.03. The lowest BCUT2D eigenvalue weighted by molar-refractivity contribution is 0.108. The number of aryl methyl sites for hydroxylation is 1. The summed E-state index contributed by atoms with van der Waals surface area (Å²) < 4.78 is 5.53. The summed E-state index contributed by atoms with van der Waals surface area (Å²) in [6.07, 6.45) is 1.42. The predicted molar refractivity (Wildman–Crippen MR) is 67.9 cm³/mol. The van der Waals surface area contributed by atoms with E-state index in [9.17, 15) is 0 Å². The van der Waals surface area contributed by atoms with E-state index >= 15 is 0 Å². The number of hydrogen-bond donors (Lipinski definition) is 1. The van der Waals surface area contributed by atoms with Crippen LogP contribution in [0.5, 0.6) is 0 Å². The van der Waals surface area contributed by atoms with Crippen molar-refractivity contribution in [2.24, 2.45) is 5.92 Å². The number of nitriles is 1. The molecular formula is C14H18N2O. The average Bonchev–Trinajstić information content (AvgIpc) is 2.72. The molecule has 3 heteroatoms. The van der Waals surface area contributed by atoms with Crippen LogP contribution in [-0.4, -0.2) is 19.3 Å². The molecule has 0 spiro atoms. The molecule has 2 rings (SSSR count). The van der Waals surface area contributed by atoms with Gasteiger partial charge in [0.2, 0.25) is 0 Å². The Morgan fingerprint density at radius 1 is 1.53 bits per heavy atom. The molecule has 1 N–H and O–H groups in total. The second-order valence-electron chi connectivity index (χ2n) is 4.67. The van der Waals surface area contributed by atoms with Crippen molar-refractivity contribution in [2.75, 3.05) is 18.5 Å². The zero-order valence-corrected chi connectivity index (χ0v) is 10.4. The molecule has 2 atom stereocenters. The van der Waals surface area contributed by atoms with E-state index in [-0.39, 0.29) is 0 Å². The summed E-state index contributed by atoms with van der Waals surface area (Å²) in [5.74, 6) is 0.544. The first-order valence-electron chi connectivity index (χ1n) is 6.07. The van der Waals surface area contributed by atoms with Crippen LogP contribution < -0.4 is 5.32 Å². The number of anilines is 1. The molecule has 1 aliphatic rings. The molecule has 0 radical (unpaired) electrons. The van der Waals surface area contributed by atoms with Gasteiger partial charge in [0.25, 0.3) is 0 Å². The molecule has 2 unspecified atom stereocenters. The van der Waals surface area contributed by atoms with Crippen LogP contribution in [0.3, 0.4) is 0 Å². The van der Waals surface area contributed by atoms with E-state index in [4.69, 9.17) is 10.00 Å². The van der Waals surface area contributed by atoms with Crippen molar-refractivity contribution in [3.63, 3.8) is 0 Å². The van der Waals surface area contributed by atoms with E-state index in [2.05, 4.69) is 18.3 Å². The maximum absolute atomic E-state index is 9.04. The maximum atomic E-state index is 9.04. The lowest BCUT2D eigenvalue weighted by Gasteiger charge is -2.16. The first-order chi connectivity index (χ1) is 8.20. The van der Waals surface area contributed by atoms with Crippen LogP contribution in [0.4, 0.5) is 5.69 Å². The molecule has 1 aliphatic heterocycles. The first kappa shape index (κ1) is 11.9. The summed E-state index contributed by atoms with van der Waals surface area (Å²) in [5.41, 5.74) is 2.82. The number of nitrogens with zero attached hydrogens (tertiary/aromatic N) is 1. The Labute approximate surface area is 102 Å². The minimum atomic E-state index is 0.317. The fraction of sp³-hybridized carbons (Fsp3) is 0.500. The Hall–Kier alpha value is -1.53. The first-order valence-corrected chi connectivity index (χ1v) is 6.07. The minimum Gasteiger partial charge on any atom is -0.384 e. The van der Waals surface area contributed by atoms with E-state index in [0.29, 0.717) is 17.6 Å². The van der Waals surface area contributed by atoms with Crippen LogP contribution in [-0.2, 0) is 4.74 Å². The molecule has 1 fully saturated rings. The molecule has 0 amide bonds. The second kappa shape index (κ2) is 5.20. The summed E-state index contributed by atoms with van der Waals surface area (Å²) in [6.45, 7) is 5.88. The molecule has 1 aromatic carbocycles. The van der Waals surface area contributed by atoms with Gasteiger partial charge in [0.1, 0.15) is 6.07 Å². The molecule has 0 bridgehead atoms. The molecule has 0 saturated carbocycles. The third-order valence-corrected chi connectivity index (χ3v) is 3.38. The smallest absolute Gasteiger partial charge is 0.101 e. The van der Waals surface area contributed by atoms with E-state index in [0.717, 1.165) is 25.3 Å². The van der Waals surface area contributed by atoms with E-state index in [1.165, 1.54) is 5.56 Å². The van der Waals surface area contributed by atoms with Crippen molar-refractivity contribution < 1.29 is 4.74 Å². The normalized spacial score (nSPS) is 23.4. The molecule has 90 valence electrons. The van der Waals surface area contributed by atoms with Gasteiger partial charge in [0.05, 0.1) is 17.4 Å². The summed E-state index contributed by atoms with van der Waals surface area (Å²) in [5, 5.41) is 12.4. The van der Waals surface area contributed by atoms with Crippen LogP contribution >= 0.6 is 0 Å². The Bertz CT molecular complexity index is 436. The number of benzene rings is 1. The van der Waals surface area contributed by atoms with Crippen LogP contribution in [0.2, 0.25) is 0 Å². The van der Waals surface area contributed by atoms with Crippen molar-refractivity contribution in [2.45, 2.75) is 26.4 Å². The van der Waals surface area contributed by atoms with Gasteiger partial charge in [-0.3, -0.25) is 0 Å². The van der Waals surface area contributed by atoms with Crippen molar-refractivity contribution in [3.8, 4) is 6.07 Å². The largest absolute Gasteiger partial charge is 0.384 e. The highest BCUT2D eigenvalue weighted by Gasteiger charge is 2.23. The number of hydrogen-bond acceptors (Lipinski definition) is 3. The van der Waals surface area contributed by atoms with Crippen molar-refractivity contribution >= 4 is 5.69 Å². The molecular weight excluding hydrogens is 212 g/mol. The van der Waals surface area contributed by atoms with Gasteiger partial charge in [-0.05, 0) is 38.0 Å². The van der Waals surface area contributed by atoms with Gasteiger partial charge in [0, 0.05) is 19.1 Å². The molecule has 17 heavy (non-hydrogen) atoms. The van der Waals surface area contributed by atoms with Crippen LogP contribution in [0.15, 0.2) is 18.2 Å². The fourth-order valence-electron chi connectivity index (χ4n) is 2.19. The summed E-state index contributed by atoms with van der Waals surface area (Å²) in [6, 6.07) is 8.07. The molecule has 3 nitrogen and oxygen atoms in total. The Morgan fingerprint density at radius 3 is 3.00 bits per heavy atom. The monoisotopic (exact) mass is 230 g/mol. The van der Waals surface area contributed by atoms with Gasteiger partial charge in [-0.2, -0.15) is 5.26 Å². The lowest BCUT2D eigenvalue weighted by atomic mass is 10.0. The number of rotatable bonds is 3. The Morgan fingerprint density at radius 2 is 2.35 bits per heavy atom. The average molecular weight is 230 g/mol.